The van der Waals surface area contributed by atoms with E-state index in [1.807, 2.05) is 0 Å². The van der Waals surface area contributed by atoms with Crippen LogP contribution < -0.4 is 4.74 Å². The van der Waals surface area contributed by atoms with Crippen LogP contribution in [0.3, 0.4) is 0 Å². The number of benzene rings is 1. The van der Waals surface area contributed by atoms with E-state index >= 15 is 0 Å². The molecule has 0 aliphatic carbocycles. The lowest BCUT2D eigenvalue weighted by Crippen LogP contribution is -2.33. The van der Waals surface area contributed by atoms with Crippen LogP contribution in [0.1, 0.15) is 17.3 Å². The first kappa shape index (κ1) is 15.7. The highest BCUT2D eigenvalue weighted by Crippen LogP contribution is 2.18. The summed E-state index contributed by atoms with van der Waals surface area (Å²) in [5.41, 5.74) is 0.509. The van der Waals surface area contributed by atoms with Gasteiger partial charge in [0, 0.05) is 6.54 Å². The van der Waals surface area contributed by atoms with E-state index in [1.165, 1.54) is 6.92 Å². The van der Waals surface area contributed by atoms with Gasteiger partial charge in [0.25, 0.3) is 0 Å². The van der Waals surface area contributed by atoms with Crippen LogP contribution >= 0.6 is 0 Å². The van der Waals surface area contributed by atoms with E-state index in [-0.39, 0.29) is 25.5 Å². The lowest BCUT2D eigenvalue weighted by atomic mass is 10.1. The molecule has 0 unspecified atom stereocenters. The average molecular weight is 275 g/mol. The molecule has 0 bridgehead atoms. The van der Waals surface area contributed by atoms with Crippen molar-refractivity contribution in [2.45, 2.75) is 6.92 Å². The predicted octanol–water partition coefficient (Wildman–Crippen LogP) is 1.29. The van der Waals surface area contributed by atoms with Gasteiger partial charge in [-0.3, -0.25) is 14.5 Å². The molecular formula is C15H17NO4. The summed E-state index contributed by atoms with van der Waals surface area (Å²) >= 11 is 0. The number of carbonyl (C=O) groups is 2. The third-order valence-electron chi connectivity index (χ3n) is 2.61. The zero-order chi connectivity index (χ0) is 15.0. The Morgan fingerprint density at radius 1 is 1.40 bits per heavy atom. The van der Waals surface area contributed by atoms with Crippen LogP contribution in [0.2, 0.25) is 0 Å². The number of ketones is 1. The molecule has 5 nitrogen and oxygen atoms in total. The van der Waals surface area contributed by atoms with Gasteiger partial charge in [-0.2, -0.15) is 0 Å². The van der Waals surface area contributed by atoms with Crippen LogP contribution in [-0.2, 0) is 4.79 Å². The molecule has 1 aromatic carbocycles. The standard InChI is InChI=1S/C15H17NO4/c1-3-8-16(11-15(18)19)9-10-20-14-7-5-4-6-13(14)12(2)17/h1,4-7H,8-11H2,2H3,(H,18,19). The molecule has 0 saturated carbocycles. The van der Waals surface area contributed by atoms with E-state index in [1.54, 1.807) is 29.2 Å². The monoisotopic (exact) mass is 275 g/mol. The van der Waals surface area contributed by atoms with E-state index in [9.17, 15) is 9.59 Å². The first-order valence-electron chi connectivity index (χ1n) is 6.15. The maximum Gasteiger partial charge on any atom is 0.317 e. The van der Waals surface area contributed by atoms with Gasteiger partial charge >= 0.3 is 5.97 Å². The average Bonchev–Trinajstić information content (AvgIpc) is 2.38. The van der Waals surface area contributed by atoms with Crippen LogP contribution in [0.5, 0.6) is 5.75 Å². The summed E-state index contributed by atoms with van der Waals surface area (Å²) in [6.07, 6.45) is 5.18. The van der Waals surface area contributed by atoms with Gasteiger partial charge in [0.05, 0.1) is 18.7 Å². The molecule has 106 valence electrons. The van der Waals surface area contributed by atoms with Crippen LogP contribution in [0.4, 0.5) is 0 Å². The SMILES string of the molecule is C#CCN(CCOc1ccccc1C(C)=O)CC(=O)O. The molecule has 0 aliphatic heterocycles. The molecule has 5 heteroatoms. The quantitative estimate of drug-likeness (QED) is 0.572. The topological polar surface area (TPSA) is 66.8 Å². The number of para-hydroxylation sites is 1. The summed E-state index contributed by atoms with van der Waals surface area (Å²) in [7, 11) is 0. The number of terminal acetylenes is 1. The third-order valence-corrected chi connectivity index (χ3v) is 2.61. The zero-order valence-electron chi connectivity index (χ0n) is 11.3. The van der Waals surface area contributed by atoms with Crippen LogP contribution in [0.15, 0.2) is 24.3 Å². The lowest BCUT2D eigenvalue weighted by molar-refractivity contribution is -0.138. The Hall–Kier alpha value is -2.32. The number of aliphatic carboxylic acids is 1. The number of hydrogen-bond acceptors (Lipinski definition) is 4. The first-order valence-corrected chi connectivity index (χ1v) is 6.15. The molecule has 0 saturated heterocycles. The molecule has 0 amide bonds. The van der Waals surface area contributed by atoms with Gasteiger partial charge in [0.15, 0.2) is 5.78 Å². The zero-order valence-corrected chi connectivity index (χ0v) is 11.3. The number of carbonyl (C=O) groups excluding carboxylic acids is 1. The Morgan fingerprint density at radius 3 is 2.70 bits per heavy atom. The summed E-state index contributed by atoms with van der Waals surface area (Å²) in [6.45, 7) is 2.21. The highest BCUT2D eigenvalue weighted by molar-refractivity contribution is 5.96. The lowest BCUT2D eigenvalue weighted by Gasteiger charge is -2.18. The molecule has 0 aliphatic rings. The second-order valence-corrected chi connectivity index (χ2v) is 4.21. The van der Waals surface area contributed by atoms with Crippen molar-refractivity contribution in [1.29, 1.82) is 0 Å². The van der Waals surface area contributed by atoms with Crippen molar-refractivity contribution in [3.05, 3.63) is 29.8 Å². The molecule has 0 fully saturated rings. The Balaban J connectivity index is 2.57. The van der Waals surface area contributed by atoms with E-state index in [0.717, 1.165) is 0 Å². The Kier molecular flexibility index (Phi) is 6.27. The maximum absolute atomic E-state index is 11.4. The fourth-order valence-electron chi connectivity index (χ4n) is 1.70. The Morgan fingerprint density at radius 2 is 2.10 bits per heavy atom. The summed E-state index contributed by atoms with van der Waals surface area (Å²) in [5.74, 6) is 1.88. The smallest absolute Gasteiger partial charge is 0.317 e. The summed E-state index contributed by atoms with van der Waals surface area (Å²) in [6, 6.07) is 6.93. The number of rotatable bonds is 8. The second-order valence-electron chi connectivity index (χ2n) is 4.21. The van der Waals surface area contributed by atoms with Crippen LogP contribution in [0, 0.1) is 12.3 Å². The van der Waals surface area contributed by atoms with Gasteiger partial charge in [0.1, 0.15) is 12.4 Å². The number of carboxylic acid groups (broad SMARTS) is 1. The van der Waals surface area contributed by atoms with Crippen molar-refractivity contribution in [3.63, 3.8) is 0 Å². The van der Waals surface area contributed by atoms with Crippen LogP contribution in [0.25, 0.3) is 0 Å². The molecule has 0 atom stereocenters. The Bertz CT molecular complexity index is 519. The van der Waals surface area contributed by atoms with Crippen molar-refractivity contribution < 1.29 is 19.4 Å². The molecule has 0 spiro atoms. The number of nitrogens with zero attached hydrogens (tertiary/aromatic N) is 1. The normalized spacial score (nSPS) is 10.1. The van der Waals surface area contributed by atoms with E-state index in [4.69, 9.17) is 16.3 Å². The van der Waals surface area contributed by atoms with Crippen molar-refractivity contribution in [1.82, 2.24) is 4.90 Å². The summed E-state index contributed by atoms with van der Waals surface area (Å²) in [4.78, 5) is 23.7. The molecule has 1 rings (SSSR count). The van der Waals surface area contributed by atoms with Crippen molar-refractivity contribution >= 4 is 11.8 Å². The maximum atomic E-state index is 11.4. The fraction of sp³-hybridized carbons (Fsp3) is 0.333. The number of hydrogen-bond donors (Lipinski definition) is 1. The minimum atomic E-state index is -0.940. The molecule has 0 radical (unpaired) electrons. The minimum absolute atomic E-state index is 0.0772. The van der Waals surface area contributed by atoms with Gasteiger partial charge in [-0.1, -0.05) is 18.1 Å². The Labute approximate surface area is 118 Å². The van der Waals surface area contributed by atoms with E-state index in [2.05, 4.69) is 5.92 Å². The first-order chi connectivity index (χ1) is 9.54. The van der Waals surface area contributed by atoms with Gasteiger partial charge < -0.3 is 9.84 Å². The molecule has 0 heterocycles. The van der Waals surface area contributed by atoms with Gasteiger partial charge in [0.2, 0.25) is 0 Å². The van der Waals surface area contributed by atoms with Gasteiger partial charge in [-0.25, -0.2) is 0 Å². The highest BCUT2D eigenvalue weighted by atomic mass is 16.5. The van der Waals surface area contributed by atoms with Crippen molar-refractivity contribution in [3.8, 4) is 18.1 Å². The number of Topliss-reactive ketones (excluding diaryl/α,β-unsaturated/α-hetero) is 1. The van der Waals surface area contributed by atoms with Crippen molar-refractivity contribution in [2.75, 3.05) is 26.2 Å². The second kappa shape index (κ2) is 7.97. The number of ether oxygens (including phenoxy) is 1. The third kappa shape index (κ3) is 5.12. The number of carboxylic acids is 1. The van der Waals surface area contributed by atoms with Crippen LogP contribution in [-0.4, -0.2) is 48.0 Å². The summed E-state index contributed by atoms with van der Waals surface area (Å²) in [5, 5.41) is 8.75. The molecule has 1 aromatic rings. The predicted molar refractivity (Wildman–Crippen MR) is 74.9 cm³/mol. The molecule has 0 aromatic heterocycles. The minimum Gasteiger partial charge on any atom is -0.491 e. The molecular weight excluding hydrogens is 258 g/mol. The molecule has 20 heavy (non-hydrogen) atoms. The summed E-state index contributed by atoms with van der Waals surface area (Å²) < 4.78 is 5.53. The van der Waals surface area contributed by atoms with E-state index in [0.29, 0.717) is 17.9 Å². The van der Waals surface area contributed by atoms with Gasteiger partial charge in [-0.15, -0.1) is 6.42 Å². The molecule has 1 N–H and O–H groups in total. The fourth-order valence-corrected chi connectivity index (χ4v) is 1.70. The largest absolute Gasteiger partial charge is 0.491 e. The highest BCUT2D eigenvalue weighted by Gasteiger charge is 2.10. The van der Waals surface area contributed by atoms with Crippen molar-refractivity contribution in [2.24, 2.45) is 0 Å². The van der Waals surface area contributed by atoms with E-state index < -0.39 is 5.97 Å². The van der Waals surface area contributed by atoms with Gasteiger partial charge in [-0.05, 0) is 19.1 Å².